The van der Waals surface area contributed by atoms with Crippen LogP contribution in [0, 0.1) is 5.92 Å². The maximum atomic E-state index is 12.2. The fourth-order valence-corrected chi connectivity index (χ4v) is 2.97. The van der Waals surface area contributed by atoms with E-state index in [9.17, 15) is 4.79 Å². The summed E-state index contributed by atoms with van der Waals surface area (Å²) >= 11 is 0. The van der Waals surface area contributed by atoms with Gasteiger partial charge in [0.05, 0.1) is 12.2 Å². The van der Waals surface area contributed by atoms with Crippen molar-refractivity contribution >= 4 is 5.78 Å². The van der Waals surface area contributed by atoms with Crippen molar-refractivity contribution in [3.8, 4) is 0 Å². The molecule has 2 fully saturated rings. The van der Waals surface area contributed by atoms with Crippen LogP contribution >= 0.6 is 0 Å². The molecule has 90 valence electrons. The summed E-state index contributed by atoms with van der Waals surface area (Å²) in [5.74, 6) is 0.589. The molecular weight excluding hydrogens is 214 g/mol. The third kappa shape index (κ3) is 2.39. The molecule has 1 aromatic rings. The standard InChI is InChI=1S/C14H17NO2/c16-14(7-10-3-5-15-6-4-10)11-8-12-1-2-13(9-11)17-12/h3-6,11-13H,1-2,7-9H2. The first kappa shape index (κ1) is 10.9. The molecule has 1 aromatic heterocycles. The van der Waals surface area contributed by atoms with Crippen LogP contribution in [0.5, 0.6) is 0 Å². The zero-order valence-electron chi connectivity index (χ0n) is 9.84. The van der Waals surface area contributed by atoms with Gasteiger partial charge >= 0.3 is 0 Å². The number of hydrogen-bond acceptors (Lipinski definition) is 3. The second kappa shape index (κ2) is 4.57. The number of ether oxygens (including phenoxy) is 1. The Labute approximate surface area is 101 Å². The molecular formula is C14H17NO2. The van der Waals surface area contributed by atoms with Crippen molar-refractivity contribution in [3.05, 3.63) is 30.1 Å². The smallest absolute Gasteiger partial charge is 0.140 e. The first-order valence-corrected chi connectivity index (χ1v) is 6.38. The van der Waals surface area contributed by atoms with Crippen LogP contribution in [-0.2, 0) is 16.0 Å². The molecule has 0 saturated carbocycles. The summed E-state index contributed by atoms with van der Waals surface area (Å²) in [6.45, 7) is 0. The van der Waals surface area contributed by atoms with Crippen molar-refractivity contribution < 1.29 is 9.53 Å². The summed E-state index contributed by atoms with van der Waals surface area (Å²) in [7, 11) is 0. The first-order chi connectivity index (χ1) is 8.31. The fourth-order valence-electron chi connectivity index (χ4n) is 2.97. The largest absolute Gasteiger partial charge is 0.375 e. The lowest BCUT2D eigenvalue weighted by Gasteiger charge is -2.27. The molecule has 2 atom stereocenters. The average molecular weight is 231 g/mol. The zero-order valence-corrected chi connectivity index (χ0v) is 9.84. The van der Waals surface area contributed by atoms with E-state index in [-0.39, 0.29) is 5.92 Å². The van der Waals surface area contributed by atoms with Crippen LogP contribution in [0.2, 0.25) is 0 Å². The number of carbonyl (C=O) groups is 1. The van der Waals surface area contributed by atoms with Crippen molar-refractivity contribution in [2.45, 2.75) is 44.3 Å². The van der Waals surface area contributed by atoms with Crippen molar-refractivity contribution in [2.75, 3.05) is 0 Å². The van der Waals surface area contributed by atoms with Gasteiger partial charge in [-0.3, -0.25) is 9.78 Å². The number of carbonyl (C=O) groups excluding carboxylic acids is 1. The average Bonchev–Trinajstić information content (AvgIpc) is 2.69. The highest BCUT2D eigenvalue weighted by atomic mass is 16.5. The molecule has 3 nitrogen and oxygen atoms in total. The molecule has 3 rings (SSSR count). The summed E-state index contributed by atoms with van der Waals surface area (Å²) in [6.07, 6.45) is 8.88. The van der Waals surface area contributed by atoms with E-state index in [4.69, 9.17) is 4.74 Å². The Morgan fingerprint density at radius 2 is 1.88 bits per heavy atom. The number of aromatic nitrogens is 1. The molecule has 2 bridgehead atoms. The SMILES string of the molecule is O=C(Cc1ccncc1)C1CC2CCC(C1)O2. The Kier molecular flexibility index (Phi) is 2.93. The Balaban J connectivity index is 1.63. The van der Waals surface area contributed by atoms with E-state index in [1.54, 1.807) is 12.4 Å². The van der Waals surface area contributed by atoms with Gasteiger partial charge in [0.25, 0.3) is 0 Å². The number of rotatable bonds is 3. The Morgan fingerprint density at radius 1 is 1.24 bits per heavy atom. The number of pyridine rings is 1. The van der Waals surface area contributed by atoms with Gasteiger partial charge < -0.3 is 4.74 Å². The Morgan fingerprint density at radius 3 is 2.53 bits per heavy atom. The van der Waals surface area contributed by atoms with Crippen LogP contribution in [-0.4, -0.2) is 23.0 Å². The van der Waals surface area contributed by atoms with E-state index in [2.05, 4.69) is 4.98 Å². The molecule has 0 spiro atoms. The van der Waals surface area contributed by atoms with Crippen molar-refractivity contribution in [1.29, 1.82) is 0 Å². The predicted molar refractivity (Wildman–Crippen MR) is 63.6 cm³/mol. The molecule has 3 heterocycles. The molecule has 0 aromatic carbocycles. The minimum atomic E-state index is 0.217. The molecule has 2 saturated heterocycles. The van der Waals surface area contributed by atoms with Gasteiger partial charge in [-0.2, -0.15) is 0 Å². The number of Topliss-reactive ketones (excluding diaryl/α,β-unsaturated/α-hetero) is 1. The van der Waals surface area contributed by atoms with Gasteiger partial charge in [-0.25, -0.2) is 0 Å². The second-order valence-corrected chi connectivity index (χ2v) is 5.12. The summed E-state index contributed by atoms with van der Waals surface area (Å²) in [5, 5.41) is 0. The third-order valence-electron chi connectivity index (χ3n) is 3.87. The van der Waals surface area contributed by atoms with Crippen LogP contribution in [0.4, 0.5) is 0 Å². The monoisotopic (exact) mass is 231 g/mol. The lowest BCUT2D eigenvalue weighted by molar-refractivity contribution is -0.127. The maximum absolute atomic E-state index is 12.2. The van der Waals surface area contributed by atoms with Gasteiger partial charge in [0.15, 0.2) is 0 Å². The summed E-state index contributed by atoms with van der Waals surface area (Å²) in [4.78, 5) is 16.2. The topological polar surface area (TPSA) is 39.2 Å². The van der Waals surface area contributed by atoms with Gasteiger partial charge in [-0.15, -0.1) is 0 Å². The number of fused-ring (bicyclic) bond motifs is 2. The van der Waals surface area contributed by atoms with Crippen molar-refractivity contribution in [3.63, 3.8) is 0 Å². The number of ketones is 1. The Bertz CT molecular complexity index is 392. The Hall–Kier alpha value is -1.22. The molecule has 0 N–H and O–H groups in total. The van der Waals surface area contributed by atoms with Crippen LogP contribution in [0.15, 0.2) is 24.5 Å². The molecule has 17 heavy (non-hydrogen) atoms. The van der Waals surface area contributed by atoms with Gasteiger partial charge in [-0.05, 0) is 43.4 Å². The fraction of sp³-hybridized carbons (Fsp3) is 0.571. The quantitative estimate of drug-likeness (QED) is 0.800. The minimum Gasteiger partial charge on any atom is -0.375 e. The normalized spacial score (nSPS) is 31.4. The minimum absolute atomic E-state index is 0.217. The summed E-state index contributed by atoms with van der Waals surface area (Å²) in [5.41, 5.74) is 1.07. The molecule has 0 amide bonds. The highest BCUT2D eigenvalue weighted by molar-refractivity contribution is 5.83. The number of hydrogen-bond donors (Lipinski definition) is 0. The lowest BCUT2D eigenvalue weighted by atomic mass is 9.88. The van der Waals surface area contributed by atoms with Gasteiger partial charge in [0.1, 0.15) is 5.78 Å². The second-order valence-electron chi connectivity index (χ2n) is 5.12. The van der Waals surface area contributed by atoms with Gasteiger partial charge in [0.2, 0.25) is 0 Å². The van der Waals surface area contributed by atoms with Crippen LogP contribution in [0.3, 0.4) is 0 Å². The van der Waals surface area contributed by atoms with Crippen LogP contribution in [0.1, 0.15) is 31.2 Å². The number of nitrogens with zero attached hydrogens (tertiary/aromatic N) is 1. The lowest BCUT2D eigenvalue weighted by Crippen LogP contribution is -2.30. The van der Waals surface area contributed by atoms with Gasteiger partial charge in [0, 0.05) is 24.7 Å². The maximum Gasteiger partial charge on any atom is 0.140 e. The van der Waals surface area contributed by atoms with E-state index >= 15 is 0 Å². The molecule has 2 aliphatic rings. The molecule has 0 radical (unpaired) electrons. The third-order valence-corrected chi connectivity index (χ3v) is 3.87. The molecule has 3 heteroatoms. The molecule has 2 unspecified atom stereocenters. The molecule has 2 aliphatic heterocycles. The van der Waals surface area contributed by atoms with Crippen molar-refractivity contribution in [2.24, 2.45) is 5.92 Å². The van der Waals surface area contributed by atoms with E-state index in [0.717, 1.165) is 31.2 Å². The zero-order chi connectivity index (χ0) is 11.7. The van der Waals surface area contributed by atoms with E-state index < -0.39 is 0 Å². The van der Waals surface area contributed by atoms with Crippen molar-refractivity contribution in [1.82, 2.24) is 4.98 Å². The predicted octanol–water partition coefficient (Wildman–Crippen LogP) is 2.15. The van der Waals surface area contributed by atoms with E-state index in [0.29, 0.717) is 24.4 Å². The van der Waals surface area contributed by atoms with Gasteiger partial charge in [-0.1, -0.05) is 0 Å². The van der Waals surface area contributed by atoms with E-state index in [1.807, 2.05) is 12.1 Å². The summed E-state index contributed by atoms with van der Waals surface area (Å²) in [6, 6.07) is 3.84. The van der Waals surface area contributed by atoms with Crippen LogP contribution in [0.25, 0.3) is 0 Å². The first-order valence-electron chi connectivity index (χ1n) is 6.38. The highest BCUT2D eigenvalue weighted by Crippen LogP contribution is 2.36. The highest BCUT2D eigenvalue weighted by Gasteiger charge is 2.37. The van der Waals surface area contributed by atoms with E-state index in [1.165, 1.54) is 0 Å². The molecule has 0 aliphatic carbocycles. The summed E-state index contributed by atoms with van der Waals surface area (Å²) < 4.78 is 5.77. The van der Waals surface area contributed by atoms with Crippen LogP contribution < -0.4 is 0 Å².